The molecule has 0 heterocycles. The summed E-state index contributed by atoms with van der Waals surface area (Å²) in [6.07, 6.45) is 0. The lowest BCUT2D eigenvalue weighted by atomic mass is 9.92. The third kappa shape index (κ3) is 2.32. The van der Waals surface area contributed by atoms with Gasteiger partial charge in [-0.15, -0.1) is 0 Å². The number of ketones is 1. The molecule has 0 atom stereocenters. The van der Waals surface area contributed by atoms with Crippen LogP contribution in [0, 0.1) is 30.9 Å². The summed E-state index contributed by atoms with van der Waals surface area (Å²) in [5, 5.41) is 11.1. The molecule has 0 unspecified atom stereocenters. The van der Waals surface area contributed by atoms with Crippen molar-refractivity contribution in [3.05, 3.63) is 74.3 Å². The molecule has 4 heteroatoms. The summed E-state index contributed by atoms with van der Waals surface area (Å²) in [5.74, 6) is -0.107. The number of nitrogens with zero attached hydrogens (tertiary/aromatic N) is 1. The van der Waals surface area contributed by atoms with Gasteiger partial charge >= 0.3 is 0 Å². The van der Waals surface area contributed by atoms with E-state index in [1.54, 1.807) is 51.1 Å². The number of carbonyl (C=O) groups excluding carboxylic acids is 1. The molecule has 0 bridgehead atoms. The minimum atomic E-state index is -0.394. The van der Waals surface area contributed by atoms with Gasteiger partial charge in [0.25, 0.3) is 5.69 Å². The molecule has 4 nitrogen and oxygen atoms in total. The second-order valence-corrected chi connectivity index (χ2v) is 4.79. The van der Waals surface area contributed by atoms with Gasteiger partial charge in [-0.1, -0.05) is 30.3 Å². The Morgan fingerprint density at radius 1 is 1.05 bits per heavy atom. The van der Waals surface area contributed by atoms with Crippen molar-refractivity contribution in [3.8, 4) is 0 Å². The molecule has 0 spiro atoms. The van der Waals surface area contributed by atoms with Crippen molar-refractivity contribution in [1.82, 2.24) is 0 Å². The molecule has 0 aliphatic heterocycles. The summed E-state index contributed by atoms with van der Waals surface area (Å²) in [6.45, 7) is 5.09. The van der Waals surface area contributed by atoms with Gasteiger partial charge in [0.1, 0.15) is 0 Å². The molecule has 0 radical (unpaired) electrons. The topological polar surface area (TPSA) is 60.2 Å². The number of rotatable bonds is 3. The lowest BCUT2D eigenvalue weighted by Gasteiger charge is -2.11. The molecule has 0 N–H and O–H groups in total. The molecule has 2 rings (SSSR count). The monoisotopic (exact) mass is 269 g/mol. The van der Waals surface area contributed by atoms with Gasteiger partial charge in [0, 0.05) is 22.3 Å². The molecule has 0 amide bonds. The molecular formula is C16H15NO3. The van der Waals surface area contributed by atoms with Crippen LogP contribution in [0.4, 0.5) is 5.69 Å². The lowest BCUT2D eigenvalue weighted by Crippen LogP contribution is -2.08. The number of hydrogen-bond acceptors (Lipinski definition) is 3. The van der Waals surface area contributed by atoms with Crippen LogP contribution in [-0.2, 0) is 0 Å². The van der Waals surface area contributed by atoms with Crippen molar-refractivity contribution in [2.45, 2.75) is 20.8 Å². The fourth-order valence-corrected chi connectivity index (χ4v) is 2.33. The molecule has 0 aliphatic carbocycles. The van der Waals surface area contributed by atoms with Crippen molar-refractivity contribution in [3.63, 3.8) is 0 Å². The summed E-state index contributed by atoms with van der Waals surface area (Å²) in [6, 6.07) is 10.5. The Balaban J connectivity index is 2.60. The van der Waals surface area contributed by atoms with Gasteiger partial charge in [-0.25, -0.2) is 0 Å². The number of nitro groups is 1. The summed E-state index contributed by atoms with van der Waals surface area (Å²) < 4.78 is 0. The van der Waals surface area contributed by atoms with Crippen molar-refractivity contribution < 1.29 is 9.72 Å². The van der Waals surface area contributed by atoms with Gasteiger partial charge in [-0.05, 0) is 32.4 Å². The van der Waals surface area contributed by atoms with Gasteiger partial charge < -0.3 is 0 Å². The Hall–Kier alpha value is -2.49. The number of aryl methyl sites for hydroxylation is 1. The molecule has 0 fully saturated rings. The average molecular weight is 269 g/mol. The van der Waals surface area contributed by atoms with E-state index in [0.29, 0.717) is 27.8 Å². The molecule has 2 aromatic carbocycles. The predicted molar refractivity (Wildman–Crippen MR) is 77.2 cm³/mol. The molecule has 0 saturated carbocycles. The Labute approximate surface area is 117 Å². The van der Waals surface area contributed by atoms with Gasteiger partial charge in [0.2, 0.25) is 0 Å². The van der Waals surface area contributed by atoms with Crippen LogP contribution in [0.2, 0.25) is 0 Å². The minimum absolute atomic E-state index is 0.0899. The van der Waals surface area contributed by atoms with E-state index in [1.807, 2.05) is 6.07 Å². The first-order chi connectivity index (χ1) is 9.43. The number of carbonyl (C=O) groups is 1. The fourth-order valence-electron chi connectivity index (χ4n) is 2.33. The molecule has 0 aliphatic rings. The first kappa shape index (κ1) is 13.9. The van der Waals surface area contributed by atoms with Crippen LogP contribution in [0.1, 0.15) is 32.6 Å². The molecule has 102 valence electrons. The first-order valence-corrected chi connectivity index (χ1v) is 6.28. The van der Waals surface area contributed by atoms with Gasteiger partial charge in [0.15, 0.2) is 5.78 Å². The van der Waals surface area contributed by atoms with Crippen LogP contribution in [0.25, 0.3) is 0 Å². The third-order valence-electron chi connectivity index (χ3n) is 3.52. The van der Waals surface area contributed by atoms with Gasteiger partial charge in [-0.3, -0.25) is 14.9 Å². The van der Waals surface area contributed by atoms with E-state index in [9.17, 15) is 14.9 Å². The van der Waals surface area contributed by atoms with E-state index in [2.05, 4.69) is 0 Å². The van der Waals surface area contributed by atoms with E-state index in [4.69, 9.17) is 0 Å². The quantitative estimate of drug-likeness (QED) is 0.484. The van der Waals surface area contributed by atoms with Crippen LogP contribution in [0.3, 0.4) is 0 Å². The highest BCUT2D eigenvalue weighted by Crippen LogP contribution is 2.29. The highest BCUT2D eigenvalue weighted by Gasteiger charge is 2.22. The van der Waals surface area contributed by atoms with Crippen LogP contribution < -0.4 is 0 Å². The van der Waals surface area contributed by atoms with Gasteiger partial charge in [-0.2, -0.15) is 0 Å². The van der Waals surface area contributed by atoms with Crippen LogP contribution in [0.5, 0.6) is 0 Å². The first-order valence-electron chi connectivity index (χ1n) is 6.28. The Morgan fingerprint density at radius 3 is 2.20 bits per heavy atom. The molecular weight excluding hydrogens is 254 g/mol. The Morgan fingerprint density at radius 2 is 1.65 bits per heavy atom. The second kappa shape index (κ2) is 5.25. The summed E-state index contributed by atoms with van der Waals surface area (Å²) >= 11 is 0. The molecule has 2 aromatic rings. The summed E-state index contributed by atoms with van der Waals surface area (Å²) in [4.78, 5) is 23.2. The van der Waals surface area contributed by atoms with E-state index in [-0.39, 0.29) is 11.5 Å². The van der Waals surface area contributed by atoms with Crippen molar-refractivity contribution in [2.24, 2.45) is 0 Å². The van der Waals surface area contributed by atoms with Crippen LogP contribution >= 0.6 is 0 Å². The van der Waals surface area contributed by atoms with Crippen LogP contribution in [-0.4, -0.2) is 10.7 Å². The van der Waals surface area contributed by atoms with Gasteiger partial charge in [0.05, 0.1) is 4.92 Å². The maximum atomic E-state index is 12.5. The Kier molecular flexibility index (Phi) is 3.66. The smallest absolute Gasteiger partial charge is 0.275 e. The predicted octanol–water partition coefficient (Wildman–Crippen LogP) is 3.75. The zero-order valence-electron chi connectivity index (χ0n) is 11.6. The standard InChI is InChI=1S/C16H15NO3/c1-10-9-14(11(2)12(3)15(10)17(19)20)16(18)13-7-5-4-6-8-13/h4-9H,1-3H3. The molecule has 0 aromatic heterocycles. The highest BCUT2D eigenvalue weighted by molar-refractivity contribution is 6.10. The van der Waals surface area contributed by atoms with E-state index >= 15 is 0 Å². The largest absolute Gasteiger partial charge is 0.289 e. The summed E-state index contributed by atoms with van der Waals surface area (Å²) in [5.41, 5.74) is 2.93. The number of benzene rings is 2. The lowest BCUT2D eigenvalue weighted by molar-refractivity contribution is -0.386. The van der Waals surface area contributed by atoms with Crippen LogP contribution in [0.15, 0.2) is 36.4 Å². The average Bonchev–Trinajstić information content (AvgIpc) is 2.43. The minimum Gasteiger partial charge on any atom is -0.289 e. The van der Waals surface area contributed by atoms with E-state index in [0.717, 1.165) is 0 Å². The number of nitro benzene ring substituents is 1. The molecule has 0 saturated heterocycles. The number of hydrogen-bond donors (Lipinski definition) is 0. The third-order valence-corrected chi connectivity index (χ3v) is 3.52. The summed E-state index contributed by atoms with van der Waals surface area (Å²) in [7, 11) is 0. The van der Waals surface area contributed by atoms with Crippen molar-refractivity contribution >= 4 is 11.5 Å². The highest BCUT2D eigenvalue weighted by atomic mass is 16.6. The normalized spacial score (nSPS) is 10.3. The maximum absolute atomic E-state index is 12.5. The SMILES string of the molecule is Cc1cc(C(=O)c2ccccc2)c(C)c(C)c1[N+](=O)[O-]. The van der Waals surface area contributed by atoms with Crippen molar-refractivity contribution in [1.29, 1.82) is 0 Å². The van der Waals surface area contributed by atoms with E-state index < -0.39 is 4.92 Å². The Bertz CT molecular complexity index is 691. The zero-order chi connectivity index (χ0) is 14.9. The van der Waals surface area contributed by atoms with E-state index in [1.165, 1.54) is 0 Å². The second-order valence-electron chi connectivity index (χ2n) is 4.79. The molecule has 20 heavy (non-hydrogen) atoms. The maximum Gasteiger partial charge on any atom is 0.275 e. The van der Waals surface area contributed by atoms with Crippen molar-refractivity contribution in [2.75, 3.05) is 0 Å². The zero-order valence-corrected chi connectivity index (χ0v) is 11.6. The fraction of sp³-hybridized carbons (Fsp3) is 0.188.